The fourth-order valence-corrected chi connectivity index (χ4v) is 6.16. The van der Waals surface area contributed by atoms with Gasteiger partial charge in [-0.1, -0.05) is 27.6 Å². The van der Waals surface area contributed by atoms with E-state index in [-0.39, 0.29) is 4.90 Å². The van der Waals surface area contributed by atoms with E-state index in [2.05, 4.69) is 52.2 Å². The molecule has 0 saturated carbocycles. The summed E-state index contributed by atoms with van der Waals surface area (Å²) in [5.41, 5.74) is 3.65. The van der Waals surface area contributed by atoms with Crippen molar-refractivity contribution < 1.29 is 13.2 Å². The highest BCUT2D eigenvalue weighted by Crippen LogP contribution is 2.36. The number of halogens is 1. The standard InChI is InChI=1S/C21H23BrN2O3S/c1-14-3-5-19-17(11-14)18(13-23-19)15-7-9-24(10-8-15)28(25,26)21-12-16(22)4-6-20(21)27-2/h3-6,11-13,15,23H,7-10H2,1-2H3. The number of fused-ring (bicyclic) bond motifs is 1. The Morgan fingerprint density at radius 3 is 2.61 bits per heavy atom. The second kappa shape index (κ2) is 7.54. The van der Waals surface area contributed by atoms with E-state index < -0.39 is 10.0 Å². The molecule has 4 rings (SSSR count). The molecule has 1 aromatic heterocycles. The van der Waals surface area contributed by atoms with Gasteiger partial charge in [0.25, 0.3) is 0 Å². The summed E-state index contributed by atoms with van der Waals surface area (Å²) in [6.45, 7) is 3.10. The van der Waals surface area contributed by atoms with Gasteiger partial charge in [-0.25, -0.2) is 8.42 Å². The summed E-state index contributed by atoms with van der Waals surface area (Å²) in [5, 5.41) is 1.25. The molecule has 0 aliphatic carbocycles. The summed E-state index contributed by atoms with van der Waals surface area (Å²) in [4.78, 5) is 3.56. The maximum Gasteiger partial charge on any atom is 0.246 e. The SMILES string of the molecule is COc1ccc(Br)cc1S(=O)(=O)N1CCC(c2c[nH]c3ccc(C)cc23)CC1. The quantitative estimate of drug-likeness (QED) is 0.604. The first-order valence-corrected chi connectivity index (χ1v) is 11.5. The topological polar surface area (TPSA) is 62.4 Å². The van der Waals surface area contributed by atoms with E-state index in [1.807, 2.05) is 0 Å². The molecule has 0 unspecified atom stereocenters. The molecular weight excluding hydrogens is 440 g/mol. The Morgan fingerprint density at radius 2 is 1.89 bits per heavy atom. The molecule has 1 N–H and O–H groups in total. The highest BCUT2D eigenvalue weighted by molar-refractivity contribution is 9.10. The van der Waals surface area contributed by atoms with E-state index in [9.17, 15) is 8.42 Å². The van der Waals surface area contributed by atoms with Crippen LogP contribution in [-0.4, -0.2) is 37.9 Å². The molecule has 2 aromatic carbocycles. The third-order valence-electron chi connectivity index (χ3n) is 5.51. The zero-order chi connectivity index (χ0) is 19.9. The smallest absolute Gasteiger partial charge is 0.246 e. The maximum atomic E-state index is 13.2. The van der Waals surface area contributed by atoms with Crippen molar-refractivity contribution in [1.29, 1.82) is 0 Å². The minimum Gasteiger partial charge on any atom is -0.495 e. The molecular formula is C21H23BrN2O3S. The van der Waals surface area contributed by atoms with Gasteiger partial charge in [-0.15, -0.1) is 0 Å². The van der Waals surface area contributed by atoms with Crippen molar-refractivity contribution in [3.05, 3.63) is 58.2 Å². The second-order valence-corrected chi connectivity index (χ2v) is 10.1. The summed E-state index contributed by atoms with van der Waals surface area (Å²) in [6.07, 6.45) is 3.68. The Labute approximate surface area is 173 Å². The molecule has 0 bridgehead atoms. The third-order valence-corrected chi connectivity index (χ3v) is 7.92. The number of sulfonamides is 1. The average molecular weight is 463 g/mol. The van der Waals surface area contributed by atoms with Crippen LogP contribution in [0.3, 0.4) is 0 Å². The molecule has 0 atom stereocenters. The molecule has 148 valence electrons. The Balaban J connectivity index is 1.57. The predicted octanol–water partition coefficient (Wildman–Crippen LogP) is 4.82. The maximum absolute atomic E-state index is 13.2. The number of aryl methyl sites for hydroxylation is 1. The first kappa shape index (κ1) is 19.5. The Kier molecular flexibility index (Phi) is 5.24. The van der Waals surface area contributed by atoms with Gasteiger partial charge in [0.15, 0.2) is 0 Å². The highest BCUT2D eigenvalue weighted by atomic mass is 79.9. The number of ether oxygens (including phenoxy) is 1. The minimum absolute atomic E-state index is 0.213. The number of nitrogens with zero attached hydrogens (tertiary/aromatic N) is 1. The number of H-pyrrole nitrogens is 1. The Hall–Kier alpha value is -1.83. The van der Waals surface area contributed by atoms with Gasteiger partial charge in [-0.3, -0.25) is 0 Å². The lowest BCUT2D eigenvalue weighted by Gasteiger charge is -2.31. The zero-order valence-electron chi connectivity index (χ0n) is 15.9. The van der Waals surface area contributed by atoms with Gasteiger partial charge in [0, 0.05) is 34.7 Å². The molecule has 1 fully saturated rings. The van der Waals surface area contributed by atoms with Gasteiger partial charge in [-0.05, 0) is 61.6 Å². The van der Waals surface area contributed by atoms with E-state index >= 15 is 0 Å². The first-order valence-electron chi connectivity index (χ1n) is 9.31. The number of aromatic nitrogens is 1. The van der Waals surface area contributed by atoms with Crippen LogP contribution >= 0.6 is 15.9 Å². The largest absolute Gasteiger partial charge is 0.495 e. The molecule has 1 aliphatic heterocycles. The van der Waals surface area contributed by atoms with Crippen molar-refractivity contribution >= 4 is 36.9 Å². The van der Waals surface area contributed by atoms with Crippen molar-refractivity contribution in [2.24, 2.45) is 0 Å². The molecule has 0 amide bonds. The van der Waals surface area contributed by atoms with Crippen molar-refractivity contribution in [2.75, 3.05) is 20.2 Å². The van der Waals surface area contributed by atoms with Gasteiger partial charge in [-0.2, -0.15) is 4.31 Å². The Morgan fingerprint density at radius 1 is 1.14 bits per heavy atom. The number of hydrogen-bond acceptors (Lipinski definition) is 3. The Bertz CT molecular complexity index is 1120. The van der Waals surface area contributed by atoms with E-state index in [1.165, 1.54) is 23.6 Å². The molecule has 2 heterocycles. The normalized spacial score (nSPS) is 16.5. The third kappa shape index (κ3) is 3.47. The average Bonchev–Trinajstić information content (AvgIpc) is 3.11. The monoisotopic (exact) mass is 462 g/mol. The van der Waals surface area contributed by atoms with E-state index in [1.54, 1.807) is 22.5 Å². The van der Waals surface area contributed by atoms with Crippen molar-refractivity contribution in [2.45, 2.75) is 30.6 Å². The number of rotatable bonds is 4. The summed E-state index contributed by atoms with van der Waals surface area (Å²) in [7, 11) is -2.10. The summed E-state index contributed by atoms with van der Waals surface area (Å²) >= 11 is 3.36. The zero-order valence-corrected chi connectivity index (χ0v) is 18.3. The molecule has 28 heavy (non-hydrogen) atoms. The van der Waals surface area contributed by atoms with Gasteiger partial charge < -0.3 is 9.72 Å². The lowest BCUT2D eigenvalue weighted by Crippen LogP contribution is -2.38. The van der Waals surface area contributed by atoms with Crippen LogP contribution in [0.4, 0.5) is 0 Å². The van der Waals surface area contributed by atoms with E-state index in [0.29, 0.717) is 24.8 Å². The lowest BCUT2D eigenvalue weighted by atomic mass is 9.90. The van der Waals surface area contributed by atoms with Gasteiger partial charge in [0.05, 0.1) is 7.11 Å². The van der Waals surface area contributed by atoms with Crippen molar-refractivity contribution in [1.82, 2.24) is 9.29 Å². The molecule has 5 nitrogen and oxygen atoms in total. The van der Waals surface area contributed by atoms with Crippen LogP contribution in [0.25, 0.3) is 10.9 Å². The van der Waals surface area contributed by atoms with Crippen LogP contribution in [-0.2, 0) is 10.0 Å². The van der Waals surface area contributed by atoms with E-state index in [0.717, 1.165) is 22.8 Å². The number of hydrogen-bond donors (Lipinski definition) is 1. The van der Waals surface area contributed by atoms with E-state index in [4.69, 9.17) is 4.74 Å². The van der Waals surface area contributed by atoms with Crippen LogP contribution in [0.1, 0.15) is 29.9 Å². The van der Waals surface area contributed by atoms with Crippen LogP contribution in [0, 0.1) is 6.92 Å². The molecule has 0 radical (unpaired) electrons. The molecule has 3 aromatic rings. The van der Waals surface area contributed by atoms with Crippen molar-refractivity contribution in [3.63, 3.8) is 0 Å². The predicted molar refractivity (Wildman–Crippen MR) is 114 cm³/mol. The fraction of sp³-hybridized carbons (Fsp3) is 0.333. The van der Waals surface area contributed by atoms with Crippen LogP contribution in [0.2, 0.25) is 0 Å². The number of piperidine rings is 1. The van der Waals surface area contributed by atoms with Gasteiger partial charge in [0.1, 0.15) is 10.6 Å². The molecule has 0 spiro atoms. The van der Waals surface area contributed by atoms with Crippen LogP contribution in [0.5, 0.6) is 5.75 Å². The number of aromatic amines is 1. The number of benzene rings is 2. The second-order valence-electron chi connectivity index (χ2n) is 7.27. The number of nitrogens with one attached hydrogen (secondary N) is 1. The van der Waals surface area contributed by atoms with Crippen molar-refractivity contribution in [3.8, 4) is 5.75 Å². The highest BCUT2D eigenvalue weighted by Gasteiger charge is 2.32. The fourth-order valence-electron chi connectivity index (χ4n) is 3.99. The summed E-state index contributed by atoms with van der Waals surface area (Å²) < 4.78 is 34.0. The van der Waals surface area contributed by atoms with Crippen LogP contribution < -0.4 is 4.74 Å². The molecule has 7 heteroatoms. The van der Waals surface area contributed by atoms with Crippen LogP contribution in [0.15, 0.2) is 52.0 Å². The van der Waals surface area contributed by atoms with Gasteiger partial charge in [0.2, 0.25) is 10.0 Å². The minimum atomic E-state index is -3.60. The summed E-state index contributed by atoms with van der Waals surface area (Å²) in [5.74, 6) is 0.726. The lowest BCUT2D eigenvalue weighted by molar-refractivity contribution is 0.318. The molecule has 1 saturated heterocycles. The van der Waals surface area contributed by atoms with Gasteiger partial charge >= 0.3 is 0 Å². The number of methoxy groups -OCH3 is 1. The first-order chi connectivity index (χ1) is 13.4. The molecule has 1 aliphatic rings. The summed E-state index contributed by atoms with van der Waals surface area (Å²) in [6, 6.07) is 11.5.